The van der Waals surface area contributed by atoms with Crippen molar-refractivity contribution in [3.8, 4) is 0 Å². The molecule has 0 saturated carbocycles. The number of hydrogen-bond acceptors (Lipinski definition) is 2. The van der Waals surface area contributed by atoms with Crippen LogP contribution in [0.2, 0.25) is 0 Å². The number of carbonyl (C=O) groups excluding carboxylic acids is 2. The molecule has 272 valence electrons. The third-order valence-corrected chi connectivity index (χ3v) is 9.14. The minimum atomic E-state index is -0.156. The lowest BCUT2D eigenvalue weighted by molar-refractivity contribution is -0.122. The van der Waals surface area contributed by atoms with Gasteiger partial charge < -0.3 is 11.5 Å². The Morgan fingerprint density at radius 1 is 0.435 bits per heavy atom. The first-order valence-corrected chi connectivity index (χ1v) is 20.4. The van der Waals surface area contributed by atoms with Gasteiger partial charge in [-0.05, 0) is 70.6 Å². The van der Waals surface area contributed by atoms with E-state index in [1.807, 2.05) is 6.92 Å². The first kappa shape index (κ1) is 46.5. The lowest BCUT2D eigenvalue weighted by Crippen LogP contribution is -2.22. The molecule has 0 fully saturated rings. The molecule has 0 aromatic carbocycles. The summed E-state index contributed by atoms with van der Waals surface area (Å²) in [6.07, 6.45) is 50.1. The van der Waals surface area contributed by atoms with Crippen molar-refractivity contribution in [3.63, 3.8) is 0 Å². The quantitative estimate of drug-likeness (QED) is 0.0530. The molecule has 0 heterocycles. The molecule has 0 aromatic rings. The summed E-state index contributed by atoms with van der Waals surface area (Å²) in [7, 11) is 0. The molecule has 0 rings (SSSR count). The van der Waals surface area contributed by atoms with Crippen LogP contribution in [0.1, 0.15) is 226 Å². The third kappa shape index (κ3) is 42.4. The van der Waals surface area contributed by atoms with E-state index >= 15 is 0 Å². The maximum absolute atomic E-state index is 11.1. The average Bonchev–Trinajstić information content (AvgIpc) is 3.04. The average molecular weight is 647 g/mol. The van der Waals surface area contributed by atoms with E-state index in [0.29, 0.717) is 6.42 Å². The molecule has 0 spiro atoms. The molecule has 4 nitrogen and oxygen atoms in total. The Labute approximate surface area is 288 Å². The van der Waals surface area contributed by atoms with Crippen LogP contribution in [-0.2, 0) is 9.59 Å². The van der Waals surface area contributed by atoms with Crippen molar-refractivity contribution in [2.24, 2.45) is 17.4 Å². The molecule has 0 aromatic heterocycles. The molecule has 46 heavy (non-hydrogen) atoms. The molecule has 0 bridgehead atoms. The fourth-order valence-corrected chi connectivity index (χ4v) is 5.91. The van der Waals surface area contributed by atoms with Gasteiger partial charge in [0, 0.05) is 12.3 Å². The van der Waals surface area contributed by atoms with Crippen LogP contribution >= 0.6 is 0 Å². The minimum absolute atomic E-state index is 0.0947. The van der Waals surface area contributed by atoms with Crippen LogP contribution < -0.4 is 11.5 Å². The highest BCUT2D eigenvalue weighted by molar-refractivity contribution is 5.76. The lowest BCUT2D eigenvalue weighted by atomic mass is 9.97. The Hall–Kier alpha value is -1.58. The van der Waals surface area contributed by atoms with Crippen LogP contribution in [0.4, 0.5) is 0 Å². The number of carbonyl (C=O) groups is 2. The summed E-state index contributed by atoms with van der Waals surface area (Å²) in [5.74, 6) is -0.187. The second-order valence-corrected chi connectivity index (χ2v) is 13.7. The lowest BCUT2D eigenvalue weighted by Gasteiger charge is -2.09. The van der Waals surface area contributed by atoms with Gasteiger partial charge in [-0.2, -0.15) is 0 Å². The standard InChI is InChI=1S/C22H43NO.C20H39NO/c1-2-3-4-5-6-7-8-9-10-11-12-13-14-15-16-17-18-19-20-21-22(23)24;1-3-5-6-7-8-9-10-11-12-13-14-15-16-17-18-19(4-2)20(21)22/h9-10H,2-8,11-21H2,1H3,(H2,23,24);11-12,19H,3-10,13-18H2,1-2H3,(H2,21,22). The van der Waals surface area contributed by atoms with Crippen LogP contribution in [0, 0.1) is 5.92 Å². The van der Waals surface area contributed by atoms with Crippen molar-refractivity contribution in [1.29, 1.82) is 0 Å². The van der Waals surface area contributed by atoms with Crippen molar-refractivity contribution >= 4 is 11.8 Å². The molecule has 1 atom stereocenters. The van der Waals surface area contributed by atoms with E-state index in [-0.39, 0.29) is 17.7 Å². The van der Waals surface area contributed by atoms with Crippen LogP contribution in [0.5, 0.6) is 0 Å². The van der Waals surface area contributed by atoms with Gasteiger partial charge in [-0.3, -0.25) is 9.59 Å². The third-order valence-electron chi connectivity index (χ3n) is 9.14. The van der Waals surface area contributed by atoms with E-state index in [0.717, 1.165) is 32.1 Å². The highest BCUT2D eigenvalue weighted by Crippen LogP contribution is 2.15. The van der Waals surface area contributed by atoms with Gasteiger partial charge in [0.15, 0.2) is 0 Å². The number of allylic oxidation sites excluding steroid dienone is 4. The number of nitrogens with two attached hydrogens (primary N) is 2. The molecular formula is C42H82N2O2. The van der Waals surface area contributed by atoms with E-state index < -0.39 is 0 Å². The number of amides is 2. The van der Waals surface area contributed by atoms with Gasteiger partial charge in [-0.1, -0.05) is 173 Å². The fourth-order valence-electron chi connectivity index (χ4n) is 5.91. The molecule has 2 amide bonds. The Morgan fingerprint density at radius 3 is 1.04 bits per heavy atom. The molecule has 4 heteroatoms. The van der Waals surface area contributed by atoms with Crippen LogP contribution in [0.15, 0.2) is 24.3 Å². The maximum Gasteiger partial charge on any atom is 0.220 e. The molecule has 4 N–H and O–H groups in total. The Morgan fingerprint density at radius 2 is 0.739 bits per heavy atom. The zero-order valence-corrected chi connectivity index (χ0v) is 31.5. The van der Waals surface area contributed by atoms with E-state index in [2.05, 4.69) is 38.2 Å². The molecule has 0 aliphatic carbocycles. The van der Waals surface area contributed by atoms with Crippen LogP contribution in [0.25, 0.3) is 0 Å². The number of rotatable bonds is 35. The highest BCUT2D eigenvalue weighted by Gasteiger charge is 2.11. The van der Waals surface area contributed by atoms with Crippen molar-refractivity contribution < 1.29 is 9.59 Å². The largest absolute Gasteiger partial charge is 0.370 e. The number of primary amides is 2. The first-order valence-electron chi connectivity index (χ1n) is 20.4. The topological polar surface area (TPSA) is 86.2 Å². The van der Waals surface area contributed by atoms with Gasteiger partial charge in [0.1, 0.15) is 0 Å². The number of unbranched alkanes of at least 4 members (excludes halogenated alkanes) is 25. The second kappa shape index (κ2) is 41.4. The molecule has 0 aliphatic heterocycles. The van der Waals surface area contributed by atoms with Crippen LogP contribution in [0.3, 0.4) is 0 Å². The summed E-state index contributed by atoms with van der Waals surface area (Å²) < 4.78 is 0. The summed E-state index contributed by atoms with van der Waals surface area (Å²) in [4.78, 5) is 21.7. The van der Waals surface area contributed by atoms with Crippen molar-refractivity contribution in [2.75, 3.05) is 0 Å². The van der Waals surface area contributed by atoms with Crippen molar-refractivity contribution in [1.82, 2.24) is 0 Å². The monoisotopic (exact) mass is 647 g/mol. The van der Waals surface area contributed by atoms with Gasteiger partial charge in [0.25, 0.3) is 0 Å². The zero-order chi connectivity index (χ0) is 34.2. The highest BCUT2D eigenvalue weighted by atomic mass is 16.1. The Balaban J connectivity index is 0. The Kier molecular flexibility index (Phi) is 41.9. The number of hydrogen-bond donors (Lipinski definition) is 2. The van der Waals surface area contributed by atoms with Crippen molar-refractivity contribution in [3.05, 3.63) is 24.3 Å². The molecule has 1 unspecified atom stereocenters. The van der Waals surface area contributed by atoms with E-state index in [4.69, 9.17) is 11.5 Å². The first-order chi connectivity index (χ1) is 22.5. The van der Waals surface area contributed by atoms with E-state index in [1.165, 1.54) is 167 Å². The van der Waals surface area contributed by atoms with Crippen molar-refractivity contribution in [2.45, 2.75) is 226 Å². The fraction of sp³-hybridized carbons (Fsp3) is 0.857. The van der Waals surface area contributed by atoms with Gasteiger partial charge in [0.2, 0.25) is 11.8 Å². The minimum Gasteiger partial charge on any atom is -0.370 e. The molecular weight excluding hydrogens is 564 g/mol. The van der Waals surface area contributed by atoms with Gasteiger partial charge >= 0.3 is 0 Å². The SMILES string of the molecule is CCCCCCCCC=CCCCCCCC(CC)C(N)=O.CCCCCCCCC=CCCCCCCCCCCCC(N)=O. The Bertz CT molecular complexity index is 673. The molecule has 0 radical (unpaired) electrons. The summed E-state index contributed by atoms with van der Waals surface area (Å²) in [5.41, 5.74) is 10.5. The van der Waals surface area contributed by atoms with Gasteiger partial charge in [-0.25, -0.2) is 0 Å². The predicted molar refractivity (Wildman–Crippen MR) is 205 cm³/mol. The summed E-state index contributed by atoms with van der Waals surface area (Å²) in [6, 6.07) is 0. The zero-order valence-electron chi connectivity index (χ0n) is 31.5. The predicted octanol–water partition coefficient (Wildman–Crippen LogP) is 13.2. The normalized spacial score (nSPS) is 12.1. The van der Waals surface area contributed by atoms with Crippen LogP contribution in [-0.4, -0.2) is 11.8 Å². The van der Waals surface area contributed by atoms with E-state index in [9.17, 15) is 9.59 Å². The summed E-state index contributed by atoms with van der Waals surface area (Å²) in [6.45, 7) is 6.59. The smallest absolute Gasteiger partial charge is 0.220 e. The maximum atomic E-state index is 11.1. The summed E-state index contributed by atoms with van der Waals surface area (Å²) >= 11 is 0. The molecule has 0 saturated heterocycles. The van der Waals surface area contributed by atoms with Gasteiger partial charge in [0.05, 0.1) is 0 Å². The molecule has 0 aliphatic rings. The van der Waals surface area contributed by atoms with Gasteiger partial charge in [-0.15, -0.1) is 0 Å². The second-order valence-electron chi connectivity index (χ2n) is 13.7. The summed E-state index contributed by atoms with van der Waals surface area (Å²) in [5, 5.41) is 0. The van der Waals surface area contributed by atoms with E-state index in [1.54, 1.807) is 0 Å².